The molecule has 3 nitrogen and oxygen atoms in total. The Morgan fingerprint density at radius 2 is 2.00 bits per heavy atom. The van der Waals surface area contributed by atoms with Gasteiger partial charge in [-0.15, -0.1) is 0 Å². The Morgan fingerprint density at radius 1 is 1.21 bits per heavy atom. The van der Waals surface area contributed by atoms with Crippen molar-refractivity contribution in [2.75, 3.05) is 7.11 Å². The van der Waals surface area contributed by atoms with E-state index in [1.165, 1.54) is 11.1 Å². The zero-order chi connectivity index (χ0) is 13.7. The summed E-state index contributed by atoms with van der Waals surface area (Å²) in [5.41, 5.74) is 3.71. The van der Waals surface area contributed by atoms with Crippen molar-refractivity contribution in [1.82, 2.24) is 10.3 Å². The van der Waals surface area contributed by atoms with Crippen LogP contribution in [0.1, 0.15) is 29.7 Å². The quantitative estimate of drug-likeness (QED) is 0.891. The van der Waals surface area contributed by atoms with Gasteiger partial charge in [-0.3, -0.25) is 0 Å². The van der Waals surface area contributed by atoms with Crippen LogP contribution in [0.3, 0.4) is 0 Å². The number of nitrogens with one attached hydrogen (secondary N) is 1. The Morgan fingerprint density at radius 3 is 2.74 bits per heavy atom. The minimum absolute atomic E-state index is 0.297. The molecule has 0 fully saturated rings. The van der Waals surface area contributed by atoms with E-state index >= 15 is 0 Å². The highest BCUT2D eigenvalue weighted by atomic mass is 16.5. The number of pyridine rings is 1. The zero-order valence-electron chi connectivity index (χ0n) is 11.7. The van der Waals surface area contributed by atoms with Crippen molar-refractivity contribution in [3.05, 3.63) is 59.3 Å². The molecular formula is C16H20N2O. The number of hydrogen-bond acceptors (Lipinski definition) is 3. The maximum Gasteiger partial charge on any atom is 0.217 e. The molecule has 2 rings (SSSR count). The number of aromatic nitrogens is 1. The van der Waals surface area contributed by atoms with Crippen LogP contribution >= 0.6 is 0 Å². The molecule has 0 saturated heterocycles. The van der Waals surface area contributed by atoms with Crippen LogP contribution in [0.5, 0.6) is 5.88 Å². The second kappa shape index (κ2) is 6.34. The highest BCUT2D eigenvalue weighted by molar-refractivity contribution is 5.29. The van der Waals surface area contributed by atoms with E-state index in [-0.39, 0.29) is 0 Å². The molecule has 0 saturated carbocycles. The first-order chi connectivity index (χ1) is 9.22. The van der Waals surface area contributed by atoms with Gasteiger partial charge in [-0.25, -0.2) is 4.98 Å². The Balaban J connectivity index is 2.04. The van der Waals surface area contributed by atoms with Crippen molar-refractivity contribution < 1.29 is 4.74 Å². The summed E-state index contributed by atoms with van der Waals surface area (Å²) in [7, 11) is 1.65. The maximum atomic E-state index is 5.26. The summed E-state index contributed by atoms with van der Waals surface area (Å²) in [6.07, 6.45) is 1.74. The van der Waals surface area contributed by atoms with Crippen molar-refractivity contribution in [1.29, 1.82) is 0 Å². The third kappa shape index (κ3) is 3.32. The van der Waals surface area contributed by atoms with Crippen LogP contribution in [0, 0.1) is 6.92 Å². The number of rotatable bonds is 5. The van der Waals surface area contributed by atoms with Crippen LogP contribution in [-0.4, -0.2) is 12.1 Å². The van der Waals surface area contributed by atoms with E-state index in [2.05, 4.69) is 48.4 Å². The van der Waals surface area contributed by atoms with Gasteiger partial charge < -0.3 is 10.1 Å². The average Bonchev–Trinajstić information content (AvgIpc) is 2.45. The fourth-order valence-electron chi connectivity index (χ4n) is 2.19. The molecule has 0 aliphatic heterocycles. The molecule has 19 heavy (non-hydrogen) atoms. The Hall–Kier alpha value is -1.87. The summed E-state index contributed by atoms with van der Waals surface area (Å²) in [5, 5.41) is 3.51. The van der Waals surface area contributed by atoms with Crippen molar-refractivity contribution in [3.8, 4) is 5.88 Å². The standard InChI is InChI=1S/C16H20N2O/c1-12-7-4-5-9-15(12)13(2)18-11-14-8-6-10-17-16(14)19-3/h4-10,13,18H,11H2,1-3H3/t13-/m0/s1. The molecule has 0 spiro atoms. The zero-order valence-corrected chi connectivity index (χ0v) is 11.7. The van der Waals surface area contributed by atoms with E-state index in [4.69, 9.17) is 4.74 Å². The largest absolute Gasteiger partial charge is 0.481 e. The first-order valence-corrected chi connectivity index (χ1v) is 6.49. The summed E-state index contributed by atoms with van der Waals surface area (Å²) >= 11 is 0. The molecule has 0 bridgehead atoms. The van der Waals surface area contributed by atoms with Gasteiger partial charge in [0.2, 0.25) is 5.88 Å². The van der Waals surface area contributed by atoms with E-state index in [1.54, 1.807) is 13.3 Å². The molecule has 0 aliphatic rings. The SMILES string of the molecule is COc1ncccc1CN[C@@H](C)c1ccccc1C. The normalized spacial score (nSPS) is 12.2. The highest BCUT2D eigenvalue weighted by Crippen LogP contribution is 2.19. The molecule has 1 N–H and O–H groups in total. The van der Waals surface area contributed by atoms with Crippen LogP contribution in [0.2, 0.25) is 0 Å². The summed E-state index contributed by atoms with van der Waals surface area (Å²) in [6, 6.07) is 12.7. The lowest BCUT2D eigenvalue weighted by Crippen LogP contribution is -2.19. The second-order valence-electron chi connectivity index (χ2n) is 4.63. The molecule has 2 aromatic rings. The van der Waals surface area contributed by atoms with E-state index in [1.807, 2.05) is 12.1 Å². The molecule has 0 amide bonds. The van der Waals surface area contributed by atoms with Crippen molar-refractivity contribution in [2.45, 2.75) is 26.4 Å². The lowest BCUT2D eigenvalue weighted by molar-refractivity contribution is 0.389. The number of methoxy groups -OCH3 is 1. The second-order valence-corrected chi connectivity index (χ2v) is 4.63. The highest BCUT2D eigenvalue weighted by Gasteiger charge is 2.09. The van der Waals surface area contributed by atoms with E-state index in [0.29, 0.717) is 11.9 Å². The topological polar surface area (TPSA) is 34.1 Å². The van der Waals surface area contributed by atoms with Gasteiger partial charge in [0.25, 0.3) is 0 Å². The monoisotopic (exact) mass is 256 g/mol. The Kier molecular flexibility index (Phi) is 4.53. The molecule has 1 atom stereocenters. The van der Waals surface area contributed by atoms with Gasteiger partial charge in [0, 0.05) is 24.3 Å². The van der Waals surface area contributed by atoms with Gasteiger partial charge in [-0.1, -0.05) is 30.3 Å². The number of benzene rings is 1. The van der Waals surface area contributed by atoms with Crippen LogP contribution in [0.25, 0.3) is 0 Å². The van der Waals surface area contributed by atoms with E-state index < -0.39 is 0 Å². The predicted octanol–water partition coefficient (Wildman–Crippen LogP) is 3.25. The van der Waals surface area contributed by atoms with Crippen LogP contribution in [0.4, 0.5) is 0 Å². The number of ether oxygens (including phenoxy) is 1. The number of hydrogen-bond donors (Lipinski definition) is 1. The molecule has 1 heterocycles. The third-order valence-corrected chi connectivity index (χ3v) is 3.30. The van der Waals surface area contributed by atoms with Crippen molar-refractivity contribution in [2.24, 2.45) is 0 Å². The predicted molar refractivity (Wildman–Crippen MR) is 77.2 cm³/mol. The lowest BCUT2D eigenvalue weighted by atomic mass is 10.0. The van der Waals surface area contributed by atoms with Gasteiger partial charge >= 0.3 is 0 Å². The molecule has 100 valence electrons. The van der Waals surface area contributed by atoms with Crippen LogP contribution in [0.15, 0.2) is 42.6 Å². The summed E-state index contributed by atoms with van der Waals surface area (Å²) < 4.78 is 5.26. The number of nitrogens with zero attached hydrogens (tertiary/aromatic N) is 1. The maximum absolute atomic E-state index is 5.26. The van der Waals surface area contributed by atoms with Gasteiger partial charge in [-0.2, -0.15) is 0 Å². The van der Waals surface area contributed by atoms with Gasteiger partial charge in [0.15, 0.2) is 0 Å². The van der Waals surface area contributed by atoms with E-state index in [0.717, 1.165) is 12.1 Å². The molecule has 0 aliphatic carbocycles. The average molecular weight is 256 g/mol. The van der Waals surface area contributed by atoms with Gasteiger partial charge in [0.1, 0.15) is 0 Å². The van der Waals surface area contributed by atoms with Crippen LogP contribution < -0.4 is 10.1 Å². The van der Waals surface area contributed by atoms with Crippen molar-refractivity contribution in [3.63, 3.8) is 0 Å². The van der Waals surface area contributed by atoms with Crippen LogP contribution in [-0.2, 0) is 6.54 Å². The molecule has 1 aromatic carbocycles. The molecular weight excluding hydrogens is 236 g/mol. The smallest absolute Gasteiger partial charge is 0.217 e. The summed E-state index contributed by atoms with van der Waals surface area (Å²) in [4.78, 5) is 4.20. The van der Waals surface area contributed by atoms with Crippen molar-refractivity contribution >= 4 is 0 Å². The Labute approximate surface area is 114 Å². The molecule has 0 unspecified atom stereocenters. The first-order valence-electron chi connectivity index (χ1n) is 6.49. The third-order valence-electron chi connectivity index (χ3n) is 3.30. The Bertz CT molecular complexity index is 540. The van der Waals surface area contributed by atoms with Gasteiger partial charge in [-0.05, 0) is 31.0 Å². The fraction of sp³-hybridized carbons (Fsp3) is 0.312. The summed E-state index contributed by atoms with van der Waals surface area (Å²) in [5.74, 6) is 0.687. The van der Waals surface area contributed by atoms with Gasteiger partial charge in [0.05, 0.1) is 7.11 Å². The minimum atomic E-state index is 0.297. The van der Waals surface area contributed by atoms with E-state index in [9.17, 15) is 0 Å². The minimum Gasteiger partial charge on any atom is -0.481 e. The first kappa shape index (κ1) is 13.6. The molecule has 0 radical (unpaired) electrons. The molecule has 3 heteroatoms. The summed E-state index contributed by atoms with van der Waals surface area (Å²) in [6.45, 7) is 5.05. The number of aryl methyl sites for hydroxylation is 1. The fourth-order valence-corrected chi connectivity index (χ4v) is 2.19. The lowest BCUT2D eigenvalue weighted by Gasteiger charge is -2.17. The molecule has 1 aromatic heterocycles.